The summed E-state index contributed by atoms with van der Waals surface area (Å²) in [6, 6.07) is 15.0. The van der Waals surface area contributed by atoms with Crippen molar-refractivity contribution >= 4 is 21.4 Å². The minimum Gasteiger partial charge on any atom is -0.308 e. The maximum absolute atomic E-state index is 13.4. The van der Waals surface area contributed by atoms with Gasteiger partial charge in [0.2, 0.25) is 20.9 Å². The fraction of sp³-hybridized carbons (Fsp3) is 0.273. The van der Waals surface area contributed by atoms with Crippen LogP contribution < -0.4 is 4.90 Å². The van der Waals surface area contributed by atoms with Gasteiger partial charge >= 0.3 is 0 Å². The highest BCUT2D eigenvalue weighted by Gasteiger charge is 2.40. The van der Waals surface area contributed by atoms with Crippen molar-refractivity contribution in [1.29, 1.82) is 0 Å². The lowest BCUT2D eigenvalue weighted by molar-refractivity contribution is -0.118. The molecule has 1 aromatic heterocycles. The number of anilines is 1. The van der Waals surface area contributed by atoms with Gasteiger partial charge in [-0.2, -0.15) is 0 Å². The number of carbonyl (C=O) groups is 1. The van der Waals surface area contributed by atoms with E-state index in [0.717, 1.165) is 16.8 Å². The third kappa shape index (κ3) is 3.25. The van der Waals surface area contributed by atoms with E-state index in [1.54, 1.807) is 11.1 Å². The second-order valence-electron chi connectivity index (χ2n) is 7.50. The van der Waals surface area contributed by atoms with Crippen molar-refractivity contribution in [2.45, 2.75) is 43.6 Å². The molecule has 150 valence electrons. The first-order valence-corrected chi connectivity index (χ1v) is 11.1. The summed E-state index contributed by atoms with van der Waals surface area (Å²) < 4.78 is 28.2. The summed E-state index contributed by atoms with van der Waals surface area (Å²) in [6.45, 7) is 5.32. The van der Waals surface area contributed by atoms with Gasteiger partial charge in [-0.1, -0.05) is 30.3 Å². The second kappa shape index (κ2) is 7.15. The summed E-state index contributed by atoms with van der Waals surface area (Å²) in [7, 11) is -3.99. The van der Waals surface area contributed by atoms with Crippen LogP contribution in [0.4, 0.5) is 5.69 Å². The Hall–Kier alpha value is -2.93. The van der Waals surface area contributed by atoms with Gasteiger partial charge in [0.25, 0.3) is 0 Å². The summed E-state index contributed by atoms with van der Waals surface area (Å²) >= 11 is 0. The molecular weight excluding hydrogens is 386 g/mol. The quantitative estimate of drug-likeness (QED) is 0.663. The number of nitrogens with zero attached hydrogens (tertiary/aromatic N) is 3. The number of hydrogen-bond acceptors (Lipinski definition) is 4. The number of amides is 1. The summed E-state index contributed by atoms with van der Waals surface area (Å²) in [4.78, 5) is 19.0. The molecule has 6 nitrogen and oxygen atoms in total. The fourth-order valence-corrected chi connectivity index (χ4v) is 5.21. The summed E-state index contributed by atoms with van der Waals surface area (Å²) in [5.41, 5.74) is 3.54. The van der Waals surface area contributed by atoms with E-state index in [9.17, 15) is 13.2 Å². The van der Waals surface area contributed by atoms with Gasteiger partial charge in [0.1, 0.15) is 5.25 Å². The molecule has 0 radical (unpaired) electrons. The predicted molar refractivity (Wildman–Crippen MR) is 112 cm³/mol. The molecule has 1 amide bonds. The van der Waals surface area contributed by atoms with Crippen LogP contribution in [0.25, 0.3) is 5.69 Å². The van der Waals surface area contributed by atoms with Crippen LogP contribution in [0.3, 0.4) is 0 Å². The van der Waals surface area contributed by atoms with E-state index in [2.05, 4.69) is 4.98 Å². The number of aryl methyl sites for hydroxylation is 1. The second-order valence-corrected chi connectivity index (χ2v) is 9.66. The van der Waals surface area contributed by atoms with Gasteiger partial charge in [-0.15, -0.1) is 0 Å². The van der Waals surface area contributed by atoms with Gasteiger partial charge in [0, 0.05) is 29.8 Å². The van der Waals surface area contributed by atoms with Gasteiger partial charge in [-0.25, -0.2) is 13.4 Å². The zero-order valence-electron chi connectivity index (χ0n) is 16.6. The molecule has 7 heteroatoms. The first-order chi connectivity index (χ1) is 13.8. The number of carbonyl (C=O) groups excluding carboxylic acids is 1. The van der Waals surface area contributed by atoms with Crippen molar-refractivity contribution in [3.63, 3.8) is 0 Å². The zero-order valence-corrected chi connectivity index (χ0v) is 17.4. The third-order valence-corrected chi connectivity index (χ3v) is 7.34. The van der Waals surface area contributed by atoms with E-state index in [1.165, 1.54) is 17.7 Å². The Kier molecular flexibility index (Phi) is 4.78. The molecule has 0 N–H and O–H groups in total. The van der Waals surface area contributed by atoms with E-state index < -0.39 is 21.0 Å². The average molecular weight is 410 g/mol. The first kappa shape index (κ1) is 19.4. The molecule has 3 aromatic rings. The summed E-state index contributed by atoms with van der Waals surface area (Å²) in [6.07, 6.45) is 3.76. The normalized spacial score (nSPS) is 17.2. The number of benzene rings is 2. The highest BCUT2D eigenvalue weighted by Crippen LogP contribution is 2.33. The lowest BCUT2D eigenvalue weighted by atomic mass is 10.1. The van der Waals surface area contributed by atoms with Crippen LogP contribution in [-0.2, 0) is 21.1 Å². The van der Waals surface area contributed by atoms with E-state index in [1.807, 2.05) is 62.4 Å². The summed E-state index contributed by atoms with van der Waals surface area (Å²) in [5, 5.41) is -1.37. The van der Waals surface area contributed by atoms with Gasteiger partial charge in [0.05, 0.1) is 0 Å². The molecule has 0 unspecified atom stereocenters. The molecule has 1 aliphatic heterocycles. The number of rotatable bonds is 4. The number of hydrogen-bond donors (Lipinski definition) is 0. The largest absolute Gasteiger partial charge is 0.308 e. The maximum Gasteiger partial charge on any atom is 0.245 e. The highest BCUT2D eigenvalue weighted by atomic mass is 32.2. The number of sulfone groups is 1. The molecular formula is C22H23N3O3S. The Morgan fingerprint density at radius 3 is 2.69 bits per heavy atom. The lowest BCUT2D eigenvalue weighted by Gasteiger charge is -2.26. The van der Waals surface area contributed by atoms with Crippen molar-refractivity contribution in [2.24, 2.45) is 0 Å². The standard InChI is InChI=1S/C22H23N3O3S/c1-15-7-6-9-19(13-15)24-12-11-23-22(24)29(27,28)17(3)21(26)25-16(2)14-18-8-4-5-10-20(18)25/h4-13,16-17H,14H2,1-3H3/t16-,17-/m1/s1. The smallest absolute Gasteiger partial charge is 0.245 e. The molecule has 0 saturated heterocycles. The highest BCUT2D eigenvalue weighted by molar-refractivity contribution is 7.92. The van der Waals surface area contributed by atoms with Gasteiger partial charge in [0.15, 0.2) is 0 Å². The molecule has 4 rings (SSSR count). The van der Waals surface area contributed by atoms with Gasteiger partial charge in [-0.05, 0) is 56.5 Å². The van der Waals surface area contributed by atoms with Crippen molar-refractivity contribution in [3.05, 3.63) is 72.1 Å². The van der Waals surface area contributed by atoms with Crippen molar-refractivity contribution < 1.29 is 13.2 Å². The van der Waals surface area contributed by atoms with Crippen LogP contribution in [0.2, 0.25) is 0 Å². The average Bonchev–Trinajstić information content (AvgIpc) is 3.31. The Balaban J connectivity index is 1.71. The Bertz CT molecular complexity index is 1180. The van der Waals surface area contributed by atoms with Crippen LogP contribution in [0.1, 0.15) is 25.0 Å². The molecule has 0 fully saturated rings. The molecule has 2 atom stereocenters. The van der Waals surface area contributed by atoms with Crippen LogP contribution in [0, 0.1) is 6.92 Å². The Morgan fingerprint density at radius 2 is 1.93 bits per heavy atom. The minimum absolute atomic E-state index is 0.0888. The molecule has 0 saturated carbocycles. The third-order valence-electron chi connectivity index (χ3n) is 5.40. The Morgan fingerprint density at radius 1 is 1.17 bits per heavy atom. The van der Waals surface area contributed by atoms with Crippen LogP contribution in [-0.4, -0.2) is 35.2 Å². The topological polar surface area (TPSA) is 72.3 Å². The van der Waals surface area contributed by atoms with E-state index in [4.69, 9.17) is 0 Å². The predicted octanol–water partition coefficient (Wildman–Crippen LogP) is 3.32. The van der Waals surface area contributed by atoms with Gasteiger partial charge < -0.3 is 4.90 Å². The van der Waals surface area contributed by atoms with Crippen LogP contribution in [0.15, 0.2) is 66.1 Å². The van der Waals surface area contributed by atoms with Crippen LogP contribution in [0.5, 0.6) is 0 Å². The van der Waals surface area contributed by atoms with E-state index >= 15 is 0 Å². The number of aromatic nitrogens is 2. The molecule has 0 spiro atoms. The first-order valence-electron chi connectivity index (χ1n) is 9.56. The zero-order chi connectivity index (χ0) is 20.8. The Labute approximate surface area is 170 Å². The fourth-order valence-electron chi connectivity index (χ4n) is 3.86. The molecule has 1 aliphatic rings. The molecule has 2 aromatic carbocycles. The number of imidazole rings is 1. The number of para-hydroxylation sites is 1. The maximum atomic E-state index is 13.4. The van der Waals surface area contributed by atoms with E-state index in [-0.39, 0.29) is 11.2 Å². The summed E-state index contributed by atoms with van der Waals surface area (Å²) in [5.74, 6) is -0.429. The van der Waals surface area contributed by atoms with Crippen molar-refractivity contribution in [3.8, 4) is 5.69 Å². The SMILES string of the molecule is Cc1cccc(-n2ccnc2S(=O)(=O)[C@H](C)C(=O)N2c3ccccc3C[C@H]2C)c1. The van der Waals surface area contributed by atoms with E-state index in [0.29, 0.717) is 12.1 Å². The minimum atomic E-state index is -3.99. The van der Waals surface area contributed by atoms with Crippen LogP contribution >= 0.6 is 0 Å². The van der Waals surface area contributed by atoms with Crippen molar-refractivity contribution in [1.82, 2.24) is 9.55 Å². The van der Waals surface area contributed by atoms with Crippen molar-refractivity contribution in [2.75, 3.05) is 4.90 Å². The molecule has 0 aliphatic carbocycles. The monoisotopic (exact) mass is 409 g/mol. The lowest BCUT2D eigenvalue weighted by Crippen LogP contribution is -2.45. The molecule has 0 bridgehead atoms. The molecule has 29 heavy (non-hydrogen) atoms. The molecule has 2 heterocycles. The number of fused-ring (bicyclic) bond motifs is 1. The van der Waals surface area contributed by atoms with Gasteiger partial charge in [-0.3, -0.25) is 9.36 Å².